The molecule has 1 aliphatic rings. The van der Waals surface area contributed by atoms with Gasteiger partial charge in [0.1, 0.15) is 5.82 Å². The van der Waals surface area contributed by atoms with Gasteiger partial charge >= 0.3 is 7.12 Å². The normalized spacial score (nSPS) is 21.2. The van der Waals surface area contributed by atoms with Crippen LogP contribution in [-0.4, -0.2) is 23.3 Å². The number of benzene rings is 1. The molecule has 3 rings (SSSR count). The number of H-pyrrole nitrogens is 1. The summed E-state index contributed by atoms with van der Waals surface area (Å²) < 4.78 is 25.9. The highest BCUT2D eigenvalue weighted by Crippen LogP contribution is 2.37. The van der Waals surface area contributed by atoms with Gasteiger partial charge in [-0.05, 0) is 39.8 Å². The van der Waals surface area contributed by atoms with E-state index in [0.29, 0.717) is 10.8 Å². The van der Waals surface area contributed by atoms with Gasteiger partial charge in [0.15, 0.2) is 0 Å². The molecule has 0 amide bonds. The van der Waals surface area contributed by atoms with Crippen molar-refractivity contribution in [3.63, 3.8) is 0 Å². The van der Waals surface area contributed by atoms with Crippen LogP contribution >= 0.6 is 0 Å². The molecule has 1 fully saturated rings. The van der Waals surface area contributed by atoms with E-state index in [2.05, 4.69) is 4.98 Å². The minimum atomic E-state index is -0.546. The number of halogens is 1. The summed E-state index contributed by atoms with van der Waals surface area (Å²) in [6, 6.07) is 4.97. The Bertz CT molecular complexity index is 619. The molecule has 1 saturated heterocycles. The Balaban J connectivity index is 2.08. The van der Waals surface area contributed by atoms with Crippen LogP contribution in [0.4, 0.5) is 4.39 Å². The molecular weight excluding hydrogens is 244 g/mol. The van der Waals surface area contributed by atoms with E-state index in [1.165, 1.54) is 6.07 Å². The van der Waals surface area contributed by atoms with Crippen molar-refractivity contribution in [1.82, 2.24) is 4.98 Å². The third-order valence-electron chi connectivity index (χ3n) is 4.19. The van der Waals surface area contributed by atoms with Gasteiger partial charge in [-0.3, -0.25) is 0 Å². The van der Waals surface area contributed by atoms with Crippen molar-refractivity contribution in [1.29, 1.82) is 0 Å². The highest BCUT2D eigenvalue weighted by molar-refractivity contribution is 6.65. The summed E-state index contributed by atoms with van der Waals surface area (Å²) in [5, 5.41) is 0.543. The smallest absolute Gasteiger partial charge is 0.399 e. The summed E-state index contributed by atoms with van der Waals surface area (Å²) in [4.78, 5) is 3.06. The monoisotopic (exact) mass is 261 g/mol. The topological polar surface area (TPSA) is 34.2 Å². The summed E-state index contributed by atoms with van der Waals surface area (Å²) >= 11 is 0. The molecule has 3 nitrogen and oxygen atoms in total. The molecule has 1 aromatic carbocycles. The van der Waals surface area contributed by atoms with Crippen LogP contribution in [0.15, 0.2) is 24.4 Å². The van der Waals surface area contributed by atoms with E-state index in [0.717, 1.165) is 5.52 Å². The van der Waals surface area contributed by atoms with Crippen LogP contribution in [0.5, 0.6) is 0 Å². The first kappa shape index (κ1) is 12.7. The fourth-order valence-electron chi connectivity index (χ4n) is 2.32. The number of aromatic nitrogens is 1. The fraction of sp³-hybridized carbons (Fsp3) is 0.429. The van der Waals surface area contributed by atoms with Crippen LogP contribution in [0.25, 0.3) is 10.9 Å². The molecule has 1 aromatic heterocycles. The van der Waals surface area contributed by atoms with E-state index in [1.54, 1.807) is 12.3 Å². The van der Waals surface area contributed by atoms with Crippen molar-refractivity contribution in [2.24, 2.45) is 0 Å². The Labute approximate surface area is 112 Å². The second-order valence-electron chi connectivity index (χ2n) is 5.99. The van der Waals surface area contributed by atoms with E-state index < -0.39 is 18.3 Å². The Morgan fingerprint density at radius 1 is 1.11 bits per heavy atom. The Morgan fingerprint density at radius 2 is 1.74 bits per heavy atom. The average Bonchev–Trinajstić information content (AvgIpc) is 2.80. The van der Waals surface area contributed by atoms with Gasteiger partial charge in [-0.15, -0.1) is 0 Å². The molecule has 0 aliphatic carbocycles. The van der Waals surface area contributed by atoms with Crippen LogP contribution < -0.4 is 5.46 Å². The van der Waals surface area contributed by atoms with Gasteiger partial charge < -0.3 is 14.3 Å². The Kier molecular flexibility index (Phi) is 2.56. The van der Waals surface area contributed by atoms with Gasteiger partial charge in [0, 0.05) is 22.6 Å². The van der Waals surface area contributed by atoms with Crippen molar-refractivity contribution in [2.75, 3.05) is 0 Å². The van der Waals surface area contributed by atoms with E-state index >= 15 is 0 Å². The molecule has 2 aromatic rings. The number of hydrogen-bond acceptors (Lipinski definition) is 2. The first-order chi connectivity index (χ1) is 8.82. The predicted molar refractivity (Wildman–Crippen MR) is 74.0 cm³/mol. The van der Waals surface area contributed by atoms with E-state index in [9.17, 15) is 4.39 Å². The van der Waals surface area contributed by atoms with Gasteiger partial charge in [-0.1, -0.05) is 6.07 Å². The first-order valence-corrected chi connectivity index (χ1v) is 6.43. The average molecular weight is 261 g/mol. The quantitative estimate of drug-likeness (QED) is 0.800. The summed E-state index contributed by atoms with van der Waals surface area (Å²) in [5.41, 5.74) is 0.621. The lowest BCUT2D eigenvalue weighted by molar-refractivity contribution is 0.00578. The van der Waals surface area contributed by atoms with Gasteiger partial charge in [-0.2, -0.15) is 0 Å². The lowest BCUT2D eigenvalue weighted by Gasteiger charge is -2.32. The van der Waals surface area contributed by atoms with Crippen LogP contribution in [0, 0.1) is 5.82 Å². The fourth-order valence-corrected chi connectivity index (χ4v) is 2.32. The summed E-state index contributed by atoms with van der Waals surface area (Å²) in [7, 11) is -0.546. The Hall–Kier alpha value is -1.33. The molecule has 0 saturated carbocycles. The summed E-state index contributed by atoms with van der Waals surface area (Å²) in [5.74, 6) is -0.261. The van der Waals surface area contributed by atoms with Crippen molar-refractivity contribution in [2.45, 2.75) is 38.9 Å². The van der Waals surface area contributed by atoms with E-state index in [1.807, 2.05) is 33.8 Å². The van der Waals surface area contributed by atoms with Crippen molar-refractivity contribution >= 4 is 23.5 Å². The van der Waals surface area contributed by atoms with Crippen molar-refractivity contribution < 1.29 is 13.7 Å². The van der Waals surface area contributed by atoms with Crippen LogP contribution in [0.2, 0.25) is 0 Å². The number of fused-ring (bicyclic) bond motifs is 1. The van der Waals surface area contributed by atoms with Crippen molar-refractivity contribution in [3.8, 4) is 0 Å². The second kappa shape index (κ2) is 3.84. The van der Waals surface area contributed by atoms with Crippen LogP contribution in [0.1, 0.15) is 27.7 Å². The third-order valence-corrected chi connectivity index (χ3v) is 4.19. The summed E-state index contributed by atoms with van der Waals surface area (Å²) in [6.45, 7) is 7.94. The molecule has 0 bridgehead atoms. The largest absolute Gasteiger partial charge is 0.497 e. The maximum atomic E-state index is 14.0. The number of nitrogens with one attached hydrogen (secondary N) is 1. The minimum absolute atomic E-state index is 0.261. The van der Waals surface area contributed by atoms with Gasteiger partial charge in [0.05, 0.1) is 11.2 Å². The van der Waals surface area contributed by atoms with E-state index in [4.69, 9.17) is 9.31 Å². The SMILES string of the molecule is CC1(C)OB(c2c[nH]c3cccc(F)c23)OC1(C)C. The number of rotatable bonds is 1. The maximum absolute atomic E-state index is 14.0. The van der Waals surface area contributed by atoms with Crippen LogP contribution in [-0.2, 0) is 9.31 Å². The van der Waals surface area contributed by atoms with Gasteiger partial charge in [0.25, 0.3) is 0 Å². The zero-order valence-corrected chi connectivity index (χ0v) is 11.6. The number of hydrogen-bond donors (Lipinski definition) is 1. The lowest BCUT2D eigenvalue weighted by Crippen LogP contribution is -2.41. The standard InChI is InChI=1S/C14H17BFNO2/c1-13(2)14(3,4)19-15(18-13)9-8-17-11-7-5-6-10(16)12(9)11/h5-8,17H,1-4H3. The first-order valence-electron chi connectivity index (χ1n) is 6.43. The molecule has 0 atom stereocenters. The zero-order chi connectivity index (χ0) is 13.8. The Morgan fingerprint density at radius 3 is 2.37 bits per heavy atom. The molecule has 0 unspecified atom stereocenters. The predicted octanol–water partition coefficient (Wildman–Crippen LogP) is 2.61. The van der Waals surface area contributed by atoms with E-state index in [-0.39, 0.29) is 5.82 Å². The molecule has 0 spiro atoms. The highest BCUT2D eigenvalue weighted by Gasteiger charge is 2.52. The third kappa shape index (κ3) is 1.80. The molecule has 5 heteroatoms. The molecule has 0 radical (unpaired) electrons. The molecule has 19 heavy (non-hydrogen) atoms. The molecular formula is C14H17BFNO2. The molecule has 1 aliphatic heterocycles. The van der Waals surface area contributed by atoms with Crippen molar-refractivity contribution in [3.05, 3.63) is 30.2 Å². The maximum Gasteiger partial charge on any atom is 0.497 e. The zero-order valence-electron chi connectivity index (χ0n) is 11.6. The number of aromatic amines is 1. The van der Waals surface area contributed by atoms with Gasteiger partial charge in [-0.25, -0.2) is 4.39 Å². The summed E-state index contributed by atoms with van der Waals surface area (Å²) in [6.07, 6.45) is 1.76. The molecule has 1 N–H and O–H groups in total. The highest BCUT2D eigenvalue weighted by atomic mass is 19.1. The lowest BCUT2D eigenvalue weighted by atomic mass is 9.79. The van der Waals surface area contributed by atoms with Crippen LogP contribution in [0.3, 0.4) is 0 Å². The minimum Gasteiger partial charge on any atom is -0.399 e. The molecule has 100 valence electrons. The van der Waals surface area contributed by atoms with Gasteiger partial charge in [0.2, 0.25) is 0 Å². The second-order valence-corrected chi connectivity index (χ2v) is 5.99. The molecule has 2 heterocycles.